The minimum atomic E-state index is -0.147. The Labute approximate surface area is 225 Å². The van der Waals surface area contributed by atoms with Gasteiger partial charge in [0.2, 0.25) is 0 Å². The highest BCUT2D eigenvalue weighted by Crippen LogP contribution is 2.37. The molecule has 1 aliphatic carbocycles. The van der Waals surface area contributed by atoms with Crippen LogP contribution in [0, 0.1) is 6.92 Å². The second-order valence-corrected chi connectivity index (χ2v) is 10.3. The van der Waals surface area contributed by atoms with Gasteiger partial charge in [0, 0.05) is 5.92 Å². The molecule has 0 N–H and O–H groups in total. The first-order valence-corrected chi connectivity index (χ1v) is 13.4. The van der Waals surface area contributed by atoms with Crippen LogP contribution in [0.15, 0.2) is 75.0 Å². The monoisotopic (exact) mass is 559 g/mol. The van der Waals surface area contributed by atoms with Gasteiger partial charge in [-0.05, 0) is 71.1 Å². The van der Waals surface area contributed by atoms with Crippen LogP contribution in [-0.4, -0.2) is 23.0 Å². The molecule has 3 aromatic carbocycles. The maximum atomic E-state index is 13.5. The SMILES string of the molecule is COc1cc(C=Nn2c(C3CCCCC3)nc3ccccc3c2=O)cc(Br)c1OCc1cccc(C)c1. The number of para-hydroxylation sites is 1. The molecule has 6 nitrogen and oxygen atoms in total. The molecule has 1 aromatic heterocycles. The zero-order valence-electron chi connectivity index (χ0n) is 21.1. The molecule has 0 radical (unpaired) electrons. The van der Waals surface area contributed by atoms with Crippen molar-refractivity contribution in [2.45, 2.75) is 51.6 Å². The van der Waals surface area contributed by atoms with E-state index in [9.17, 15) is 4.79 Å². The lowest BCUT2D eigenvalue weighted by Gasteiger charge is -2.22. The Morgan fingerprint density at radius 1 is 1.08 bits per heavy atom. The molecule has 0 atom stereocenters. The molecule has 0 bridgehead atoms. The largest absolute Gasteiger partial charge is 0.493 e. The Morgan fingerprint density at radius 2 is 1.89 bits per heavy atom. The van der Waals surface area contributed by atoms with E-state index in [2.05, 4.69) is 40.1 Å². The predicted molar refractivity (Wildman–Crippen MR) is 151 cm³/mol. The molecule has 5 rings (SSSR count). The molecular weight excluding hydrogens is 530 g/mol. The number of aromatic nitrogens is 2. The van der Waals surface area contributed by atoms with E-state index in [0.29, 0.717) is 23.5 Å². The lowest BCUT2D eigenvalue weighted by Crippen LogP contribution is -2.25. The normalized spacial score (nSPS) is 14.4. The van der Waals surface area contributed by atoms with Crippen LogP contribution >= 0.6 is 15.9 Å². The molecule has 190 valence electrons. The van der Waals surface area contributed by atoms with E-state index in [1.54, 1.807) is 19.4 Å². The lowest BCUT2D eigenvalue weighted by atomic mass is 9.88. The average molecular weight is 560 g/mol. The van der Waals surface area contributed by atoms with Crippen molar-refractivity contribution in [3.63, 3.8) is 0 Å². The van der Waals surface area contributed by atoms with Crippen LogP contribution < -0.4 is 15.0 Å². The van der Waals surface area contributed by atoms with Gasteiger partial charge in [-0.2, -0.15) is 9.78 Å². The third kappa shape index (κ3) is 5.62. The first-order valence-electron chi connectivity index (χ1n) is 12.7. The van der Waals surface area contributed by atoms with Crippen molar-refractivity contribution in [2.75, 3.05) is 7.11 Å². The Bertz CT molecular complexity index is 1510. The number of halogens is 1. The molecule has 37 heavy (non-hydrogen) atoms. The second kappa shape index (κ2) is 11.3. The summed E-state index contributed by atoms with van der Waals surface area (Å²) in [5.74, 6) is 2.17. The van der Waals surface area contributed by atoms with Crippen LogP contribution in [0.3, 0.4) is 0 Å². The molecule has 1 fully saturated rings. The minimum Gasteiger partial charge on any atom is -0.493 e. The number of hydrogen-bond donors (Lipinski definition) is 0. The van der Waals surface area contributed by atoms with Crippen LogP contribution in [-0.2, 0) is 6.61 Å². The summed E-state index contributed by atoms with van der Waals surface area (Å²) in [4.78, 5) is 18.3. The summed E-state index contributed by atoms with van der Waals surface area (Å²) < 4.78 is 14.0. The Kier molecular flexibility index (Phi) is 7.70. The highest BCUT2D eigenvalue weighted by Gasteiger charge is 2.22. The summed E-state index contributed by atoms with van der Waals surface area (Å²) in [6.07, 6.45) is 7.24. The summed E-state index contributed by atoms with van der Waals surface area (Å²) in [7, 11) is 1.61. The van der Waals surface area contributed by atoms with Gasteiger partial charge in [0.05, 0.1) is 28.7 Å². The summed E-state index contributed by atoms with van der Waals surface area (Å²) in [5, 5.41) is 5.22. The maximum absolute atomic E-state index is 13.5. The number of benzene rings is 3. The van der Waals surface area contributed by atoms with E-state index in [4.69, 9.17) is 14.5 Å². The van der Waals surface area contributed by atoms with Gasteiger partial charge in [-0.3, -0.25) is 4.79 Å². The molecule has 4 aromatic rings. The molecule has 0 unspecified atom stereocenters. The molecule has 7 heteroatoms. The smallest absolute Gasteiger partial charge is 0.282 e. The zero-order chi connectivity index (χ0) is 25.8. The molecule has 0 spiro atoms. The minimum absolute atomic E-state index is 0.147. The number of methoxy groups -OCH3 is 1. The van der Waals surface area contributed by atoms with Crippen molar-refractivity contribution in [2.24, 2.45) is 5.10 Å². The summed E-state index contributed by atoms with van der Waals surface area (Å²) in [6, 6.07) is 19.5. The van der Waals surface area contributed by atoms with Gasteiger partial charge in [0.1, 0.15) is 12.4 Å². The van der Waals surface area contributed by atoms with Crippen molar-refractivity contribution >= 4 is 33.0 Å². The van der Waals surface area contributed by atoms with Crippen LogP contribution in [0.4, 0.5) is 0 Å². The zero-order valence-corrected chi connectivity index (χ0v) is 22.7. The fourth-order valence-corrected chi connectivity index (χ4v) is 5.49. The third-order valence-electron chi connectivity index (χ3n) is 6.79. The number of nitrogens with zero attached hydrogens (tertiary/aromatic N) is 3. The predicted octanol–water partition coefficient (Wildman–Crippen LogP) is 6.98. The number of hydrogen-bond acceptors (Lipinski definition) is 5. The highest BCUT2D eigenvalue weighted by atomic mass is 79.9. The number of aryl methyl sites for hydroxylation is 1. The standard InChI is InChI=1S/C30H30BrN3O3/c1-20-9-8-10-21(15-20)19-37-28-25(31)16-22(17-27(28)36-2)18-32-34-29(23-11-4-3-5-12-23)33-26-14-7-6-13-24(26)30(34)35/h6-10,13-18,23H,3-5,11-12,19H2,1-2H3. The van der Waals surface area contributed by atoms with Crippen LogP contribution in [0.2, 0.25) is 0 Å². The maximum Gasteiger partial charge on any atom is 0.282 e. The first kappa shape index (κ1) is 25.2. The summed E-state index contributed by atoms with van der Waals surface area (Å²) in [5.41, 5.74) is 3.62. The van der Waals surface area contributed by atoms with E-state index in [1.807, 2.05) is 42.5 Å². The van der Waals surface area contributed by atoms with E-state index in [-0.39, 0.29) is 11.5 Å². The van der Waals surface area contributed by atoms with E-state index >= 15 is 0 Å². The fourth-order valence-electron chi connectivity index (χ4n) is 4.91. The van der Waals surface area contributed by atoms with Crippen molar-refractivity contribution in [3.05, 3.63) is 98.0 Å². The fraction of sp³-hybridized carbons (Fsp3) is 0.300. The first-order chi connectivity index (χ1) is 18.0. The quantitative estimate of drug-likeness (QED) is 0.229. The van der Waals surface area contributed by atoms with Gasteiger partial charge in [0.25, 0.3) is 5.56 Å². The molecule has 0 amide bonds. The number of rotatable bonds is 7. The van der Waals surface area contributed by atoms with Crippen molar-refractivity contribution < 1.29 is 9.47 Å². The molecule has 1 heterocycles. The van der Waals surface area contributed by atoms with Crippen molar-refractivity contribution in [1.29, 1.82) is 0 Å². The van der Waals surface area contributed by atoms with Gasteiger partial charge in [-0.1, -0.05) is 61.2 Å². The van der Waals surface area contributed by atoms with E-state index in [1.165, 1.54) is 16.7 Å². The number of ether oxygens (including phenoxy) is 2. The van der Waals surface area contributed by atoms with Crippen LogP contribution in [0.5, 0.6) is 11.5 Å². The Hall–Kier alpha value is -3.45. The molecule has 1 aliphatic rings. The topological polar surface area (TPSA) is 65.7 Å². The molecule has 0 saturated heterocycles. The molecular formula is C30H30BrN3O3. The number of fused-ring (bicyclic) bond motifs is 1. The van der Waals surface area contributed by atoms with E-state index in [0.717, 1.165) is 52.6 Å². The van der Waals surface area contributed by atoms with Crippen molar-refractivity contribution in [1.82, 2.24) is 9.66 Å². The highest BCUT2D eigenvalue weighted by molar-refractivity contribution is 9.10. The van der Waals surface area contributed by atoms with Gasteiger partial charge in [-0.25, -0.2) is 4.98 Å². The Morgan fingerprint density at radius 3 is 2.68 bits per heavy atom. The van der Waals surface area contributed by atoms with Crippen LogP contribution in [0.25, 0.3) is 10.9 Å². The van der Waals surface area contributed by atoms with Crippen LogP contribution in [0.1, 0.15) is 60.5 Å². The Balaban J connectivity index is 1.48. The van der Waals surface area contributed by atoms with Crippen molar-refractivity contribution in [3.8, 4) is 11.5 Å². The van der Waals surface area contributed by atoms with Gasteiger partial charge >= 0.3 is 0 Å². The van der Waals surface area contributed by atoms with E-state index < -0.39 is 0 Å². The summed E-state index contributed by atoms with van der Waals surface area (Å²) in [6.45, 7) is 2.48. The van der Waals surface area contributed by atoms with Gasteiger partial charge in [-0.15, -0.1) is 0 Å². The second-order valence-electron chi connectivity index (χ2n) is 9.50. The third-order valence-corrected chi connectivity index (χ3v) is 7.38. The van der Waals surface area contributed by atoms with Gasteiger partial charge in [0.15, 0.2) is 11.5 Å². The van der Waals surface area contributed by atoms with Gasteiger partial charge < -0.3 is 9.47 Å². The molecule has 1 saturated carbocycles. The summed E-state index contributed by atoms with van der Waals surface area (Å²) >= 11 is 3.63. The molecule has 0 aliphatic heterocycles. The average Bonchev–Trinajstić information content (AvgIpc) is 2.92. The lowest BCUT2D eigenvalue weighted by molar-refractivity contribution is 0.282.